The third kappa shape index (κ3) is 2.42. The van der Waals surface area contributed by atoms with Gasteiger partial charge in [0.15, 0.2) is 11.5 Å². The molecule has 0 aromatic heterocycles. The van der Waals surface area contributed by atoms with Gasteiger partial charge in [-0.15, -0.1) is 0 Å². The van der Waals surface area contributed by atoms with Gasteiger partial charge in [0, 0.05) is 13.5 Å². The summed E-state index contributed by atoms with van der Waals surface area (Å²) < 4.78 is 10.6. The van der Waals surface area contributed by atoms with Gasteiger partial charge >= 0.3 is 0 Å². The molecule has 0 heterocycles. The number of nitrogens with one attached hydrogen (secondary N) is 1. The van der Waals surface area contributed by atoms with Crippen molar-refractivity contribution in [3.05, 3.63) is 23.3 Å². The zero-order valence-electron chi connectivity index (χ0n) is 11.1. The molecule has 0 fully saturated rings. The van der Waals surface area contributed by atoms with Crippen molar-refractivity contribution < 1.29 is 14.3 Å². The normalized spacial score (nSPS) is 14.2. The number of amides is 1. The summed E-state index contributed by atoms with van der Waals surface area (Å²) in [5, 5.41) is 2.68. The first-order chi connectivity index (χ1) is 8.67. The Balaban J connectivity index is 2.16. The van der Waals surface area contributed by atoms with Gasteiger partial charge in [0.1, 0.15) is 0 Å². The van der Waals surface area contributed by atoms with E-state index in [0.717, 1.165) is 24.3 Å². The molecule has 1 amide bonds. The zero-order valence-corrected chi connectivity index (χ0v) is 11.1. The van der Waals surface area contributed by atoms with Gasteiger partial charge < -0.3 is 14.8 Å². The van der Waals surface area contributed by atoms with Gasteiger partial charge in [-0.3, -0.25) is 4.79 Å². The predicted molar refractivity (Wildman–Crippen MR) is 69.1 cm³/mol. The van der Waals surface area contributed by atoms with Crippen LogP contribution in [0.3, 0.4) is 0 Å². The van der Waals surface area contributed by atoms with Crippen molar-refractivity contribution in [3.63, 3.8) is 0 Å². The molecule has 4 heteroatoms. The maximum Gasteiger partial charge on any atom is 0.220 e. The summed E-state index contributed by atoms with van der Waals surface area (Å²) >= 11 is 0. The van der Waals surface area contributed by atoms with E-state index in [1.165, 1.54) is 11.1 Å². The molecule has 0 aliphatic heterocycles. The van der Waals surface area contributed by atoms with Crippen molar-refractivity contribution in [2.24, 2.45) is 5.92 Å². The molecule has 0 radical (unpaired) electrons. The van der Waals surface area contributed by atoms with Crippen LogP contribution in [0.2, 0.25) is 0 Å². The Morgan fingerprint density at radius 1 is 1.22 bits per heavy atom. The Kier molecular flexibility index (Phi) is 3.75. The first-order valence-electron chi connectivity index (χ1n) is 6.12. The molecule has 1 aliphatic carbocycles. The quantitative estimate of drug-likeness (QED) is 0.880. The maximum absolute atomic E-state index is 11.4. The predicted octanol–water partition coefficient (Wildman–Crippen LogP) is 1.55. The third-order valence-corrected chi connectivity index (χ3v) is 3.48. The lowest BCUT2D eigenvalue weighted by atomic mass is 10.0. The van der Waals surface area contributed by atoms with Crippen molar-refractivity contribution >= 4 is 5.91 Å². The fourth-order valence-electron chi connectivity index (χ4n) is 2.55. The van der Waals surface area contributed by atoms with Crippen molar-refractivity contribution in [3.8, 4) is 11.5 Å². The lowest BCUT2D eigenvalue weighted by Gasteiger charge is -2.09. The molecule has 0 unspecified atom stereocenters. The molecule has 0 atom stereocenters. The number of rotatable bonds is 4. The molecule has 1 N–H and O–H groups in total. The standard InChI is InChI=1S/C14H19NO3/c1-15-14(16)6-9-4-10-7-12(17-2)13(18-3)8-11(10)5-9/h7-9H,4-6H2,1-3H3,(H,15,16). The number of fused-ring (bicyclic) bond motifs is 1. The lowest BCUT2D eigenvalue weighted by Crippen LogP contribution is -2.21. The van der Waals surface area contributed by atoms with Crippen LogP contribution in [0.4, 0.5) is 0 Å². The van der Waals surface area contributed by atoms with Crippen molar-refractivity contribution in [2.45, 2.75) is 19.3 Å². The summed E-state index contributed by atoms with van der Waals surface area (Å²) in [5.74, 6) is 2.01. The van der Waals surface area contributed by atoms with Crippen LogP contribution in [-0.4, -0.2) is 27.2 Å². The molecular formula is C14H19NO3. The van der Waals surface area contributed by atoms with Crippen molar-refractivity contribution in [1.82, 2.24) is 5.32 Å². The number of benzene rings is 1. The minimum absolute atomic E-state index is 0.103. The Morgan fingerprint density at radius 2 is 1.72 bits per heavy atom. The van der Waals surface area contributed by atoms with Crippen LogP contribution in [-0.2, 0) is 17.6 Å². The molecule has 0 spiro atoms. The van der Waals surface area contributed by atoms with E-state index in [1.807, 2.05) is 12.1 Å². The van der Waals surface area contributed by atoms with Crippen LogP contribution >= 0.6 is 0 Å². The van der Waals surface area contributed by atoms with Gasteiger partial charge in [0.2, 0.25) is 5.91 Å². The highest BCUT2D eigenvalue weighted by atomic mass is 16.5. The first kappa shape index (κ1) is 12.7. The number of carbonyl (C=O) groups is 1. The number of ether oxygens (including phenoxy) is 2. The van der Waals surface area contributed by atoms with Gasteiger partial charge in [-0.05, 0) is 42.0 Å². The van der Waals surface area contributed by atoms with Crippen molar-refractivity contribution in [2.75, 3.05) is 21.3 Å². The number of methoxy groups -OCH3 is 2. The van der Waals surface area contributed by atoms with Crippen LogP contribution in [0.25, 0.3) is 0 Å². The monoisotopic (exact) mass is 249 g/mol. The number of hydrogen-bond donors (Lipinski definition) is 1. The SMILES string of the molecule is CNC(=O)CC1Cc2cc(OC)c(OC)cc2C1. The fourth-order valence-corrected chi connectivity index (χ4v) is 2.55. The Hall–Kier alpha value is -1.71. The fraction of sp³-hybridized carbons (Fsp3) is 0.500. The van der Waals surface area contributed by atoms with Gasteiger partial charge in [-0.2, -0.15) is 0 Å². The molecule has 1 aromatic rings. The van der Waals surface area contributed by atoms with Crippen LogP contribution in [0.5, 0.6) is 11.5 Å². The highest BCUT2D eigenvalue weighted by Gasteiger charge is 2.25. The van der Waals surface area contributed by atoms with E-state index < -0.39 is 0 Å². The summed E-state index contributed by atoms with van der Waals surface area (Å²) in [6.07, 6.45) is 2.45. The highest BCUT2D eigenvalue weighted by Crippen LogP contribution is 2.37. The van der Waals surface area contributed by atoms with E-state index >= 15 is 0 Å². The van der Waals surface area contributed by atoms with Crippen LogP contribution in [0.15, 0.2) is 12.1 Å². The highest BCUT2D eigenvalue weighted by molar-refractivity contribution is 5.76. The molecule has 1 aromatic carbocycles. The molecule has 0 saturated heterocycles. The van der Waals surface area contributed by atoms with Gasteiger partial charge in [0.25, 0.3) is 0 Å². The molecule has 18 heavy (non-hydrogen) atoms. The van der Waals surface area contributed by atoms with Gasteiger partial charge in [-0.1, -0.05) is 0 Å². The van der Waals surface area contributed by atoms with Gasteiger partial charge in [-0.25, -0.2) is 0 Å². The molecule has 0 bridgehead atoms. The second kappa shape index (κ2) is 5.29. The van der Waals surface area contributed by atoms with E-state index in [-0.39, 0.29) is 5.91 Å². The Labute approximate surface area is 107 Å². The topological polar surface area (TPSA) is 47.6 Å². The minimum Gasteiger partial charge on any atom is -0.493 e. The Morgan fingerprint density at radius 3 is 2.11 bits per heavy atom. The van der Waals surface area contributed by atoms with E-state index in [2.05, 4.69) is 5.32 Å². The summed E-state index contributed by atoms with van der Waals surface area (Å²) in [4.78, 5) is 11.4. The van der Waals surface area contributed by atoms with E-state index in [9.17, 15) is 4.79 Å². The average molecular weight is 249 g/mol. The summed E-state index contributed by atoms with van der Waals surface area (Å²) in [6, 6.07) is 4.05. The summed E-state index contributed by atoms with van der Waals surface area (Å²) in [6.45, 7) is 0. The zero-order chi connectivity index (χ0) is 13.1. The largest absolute Gasteiger partial charge is 0.493 e. The third-order valence-electron chi connectivity index (χ3n) is 3.48. The van der Waals surface area contributed by atoms with Crippen LogP contribution < -0.4 is 14.8 Å². The summed E-state index contributed by atoms with van der Waals surface area (Å²) in [5.41, 5.74) is 2.53. The van der Waals surface area contributed by atoms with Crippen molar-refractivity contribution in [1.29, 1.82) is 0 Å². The van der Waals surface area contributed by atoms with E-state index in [0.29, 0.717) is 12.3 Å². The smallest absolute Gasteiger partial charge is 0.220 e. The number of carbonyl (C=O) groups excluding carboxylic acids is 1. The molecule has 0 saturated carbocycles. The molecular weight excluding hydrogens is 230 g/mol. The first-order valence-corrected chi connectivity index (χ1v) is 6.12. The van der Waals surface area contributed by atoms with E-state index in [4.69, 9.17) is 9.47 Å². The molecule has 98 valence electrons. The van der Waals surface area contributed by atoms with Crippen LogP contribution in [0, 0.1) is 5.92 Å². The molecule has 4 nitrogen and oxygen atoms in total. The molecule has 2 rings (SSSR count). The number of hydrogen-bond acceptors (Lipinski definition) is 3. The summed E-state index contributed by atoms with van der Waals surface area (Å²) in [7, 11) is 4.96. The van der Waals surface area contributed by atoms with E-state index in [1.54, 1.807) is 21.3 Å². The maximum atomic E-state index is 11.4. The minimum atomic E-state index is 0.103. The second-order valence-electron chi connectivity index (χ2n) is 4.63. The van der Waals surface area contributed by atoms with Crippen LogP contribution in [0.1, 0.15) is 17.5 Å². The van der Waals surface area contributed by atoms with Gasteiger partial charge in [0.05, 0.1) is 14.2 Å². The second-order valence-corrected chi connectivity index (χ2v) is 4.63. The Bertz CT molecular complexity index is 424. The molecule has 1 aliphatic rings. The average Bonchev–Trinajstić information content (AvgIpc) is 2.77. The lowest BCUT2D eigenvalue weighted by molar-refractivity contribution is -0.121.